The molecule has 1 saturated carbocycles. The van der Waals surface area contributed by atoms with Crippen molar-refractivity contribution in [2.45, 2.75) is 31.9 Å². The van der Waals surface area contributed by atoms with Crippen LogP contribution in [0.15, 0.2) is 12.3 Å². The molecular formula is C12H13ClF3NO. The molecule has 1 atom stereocenters. The average molecular weight is 280 g/mol. The van der Waals surface area contributed by atoms with Gasteiger partial charge in [-0.1, -0.05) is 25.4 Å². The number of hydrogen-bond donors (Lipinski definition) is 1. The molecule has 1 aromatic heterocycles. The molecule has 2 nitrogen and oxygen atoms in total. The quantitative estimate of drug-likeness (QED) is 0.842. The summed E-state index contributed by atoms with van der Waals surface area (Å²) in [4.78, 5) is 3.60. The third-order valence-electron chi connectivity index (χ3n) is 3.87. The summed E-state index contributed by atoms with van der Waals surface area (Å²) in [5, 5.41) is 9.53. The Morgan fingerprint density at radius 3 is 2.39 bits per heavy atom. The van der Waals surface area contributed by atoms with Gasteiger partial charge in [0, 0.05) is 11.6 Å². The number of rotatable bonds is 2. The minimum atomic E-state index is -4.46. The summed E-state index contributed by atoms with van der Waals surface area (Å²) in [6, 6.07) is 1.00. The lowest BCUT2D eigenvalue weighted by Crippen LogP contribution is -2.21. The zero-order chi connectivity index (χ0) is 13.8. The predicted octanol–water partition coefficient (Wildman–Crippen LogP) is 3.41. The van der Waals surface area contributed by atoms with Crippen LogP contribution in [0.3, 0.4) is 0 Å². The van der Waals surface area contributed by atoms with E-state index in [4.69, 9.17) is 11.6 Å². The molecule has 1 heterocycles. The van der Waals surface area contributed by atoms with E-state index in [0.717, 1.165) is 6.07 Å². The third kappa shape index (κ3) is 1.89. The van der Waals surface area contributed by atoms with E-state index in [1.54, 1.807) is 0 Å². The van der Waals surface area contributed by atoms with Crippen LogP contribution in [0.1, 0.15) is 31.4 Å². The minimum absolute atomic E-state index is 0.0302. The summed E-state index contributed by atoms with van der Waals surface area (Å²) in [5.74, 6) is 0. The molecular weight excluding hydrogens is 267 g/mol. The first kappa shape index (κ1) is 13.6. The van der Waals surface area contributed by atoms with Gasteiger partial charge in [0.1, 0.15) is 5.15 Å². The molecule has 0 radical (unpaired) electrons. The standard InChI is InChI=1S/C12H13ClF3NO/c1-10(2)5-11(10,6-18)8-3-7(12(14,15)16)4-17-9(8)13/h3-4,18H,5-6H2,1-2H3. The highest BCUT2D eigenvalue weighted by Gasteiger charge is 2.62. The molecule has 0 aromatic carbocycles. The van der Waals surface area contributed by atoms with Gasteiger partial charge in [-0.3, -0.25) is 0 Å². The number of hydrogen-bond acceptors (Lipinski definition) is 2. The molecule has 0 aliphatic heterocycles. The van der Waals surface area contributed by atoms with Gasteiger partial charge in [-0.25, -0.2) is 4.98 Å². The van der Waals surface area contributed by atoms with Crippen molar-refractivity contribution in [3.8, 4) is 0 Å². The molecule has 100 valence electrons. The fourth-order valence-electron chi connectivity index (χ4n) is 2.46. The smallest absolute Gasteiger partial charge is 0.395 e. The van der Waals surface area contributed by atoms with Crippen LogP contribution in [-0.4, -0.2) is 16.7 Å². The fourth-order valence-corrected chi connectivity index (χ4v) is 2.75. The van der Waals surface area contributed by atoms with Crippen molar-refractivity contribution in [3.05, 3.63) is 28.5 Å². The largest absolute Gasteiger partial charge is 0.417 e. The molecule has 18 heavy (non-hydrogen) atoms. The van der Waals surface area contributed by atoms with Crippen molar-refractivity contribution in [1.82, 2.24) is 4.98 Å². The van der Waals surface area contributed by atoms with Gasteiger partial charge in [0.2, 0.25) is 0 Å². The molecule has 1 N–H and O–H groups in total. The summed E-state index contributed by atoms with van der Waals surface area (Å²) < 4.78 is 38.0. The number of nitrogens with zero attached hydrogens (tertiary/aromatic N) is 1. The van der Waals surface area contributed by atoms with Crippen LogP contribution in [0.2, 0.25) is 5.15 Å². The first-order chi connectivity index (χ1) is 8.14. The summed E-state index contributed by atoms with van der Waals surface area (Å²) in [6.45, 7) is 3.54. The van der Waals surface area contributed by atoms with Crippen molar-refractivity contribution >= 4 is 11.6 Å². The maximum atomic E-state index is 12.7. The zero-order valence-corrected chi connectivity index (χ0v) is 10.7. The van der Waals surface area contributed by atoms with Crippen LogP contribution in [0.5, 0.6) is 0 Å². The molecule has 0 bridgehead atoms. The number of aliphatic hydroxyl groups excluding tert-OH is 1. The molecule has 2 rings (SSSR count). The molecule has 1 unspecified atom stereocenters. The number of alkyl halides is 3. The van der Waals surface area contributed by atoms with Crippen LogP contribution in [0.25, 0.3) is 0 Å². The lowest BCUT2D eigenvalue weighted by Gasteiger charge is -2.20. The van der Waals surface area contributed by atoms with E-state index in [2.05, 4.69) is 4.98 Å². The molecule has 0 saturated heterocycles. The molecule has 1 fully saturated rings. The SMILES string of the molecule is CC1(C)CC1(CO)c1cc(C(F)(F)F)cnc1Cl. The Balaban J connectivity index is 2.52. The van der Waals surface area contributed by atoms with Gasteiger partial charge in [0.05, 0.1) is 12.2 Å². The van der Waals surface area contributed by atoms with E-state index in [1.165, 1.54) is 0 Å². The van der Waals surface area contributed by atoms with Gasteiger partial charge < -0.3 is 5.11 Å². The number of aliphatic hydroxyl groups is 1. The summed E-state index contributed by atoms with van der Waals surface area (Å²) in [5.41, 5.74) is -1.53. The van der Waals surface area contributed by atoms with E-state index < -0.39 is 17.2 Å². The maximum absolute atomic E-state index is 12.7. The third-order valence-corrected chi connectivity index (χ3v) is 4.17. The Kier molecular flexibility index (Phi) is 2.91. The zero-order valence-electron chi connectivity index (χ0n) is 9.98. The highest BCUT2D eigenvalue weighted by atomic mass is 35.5. The first-order valence-corrected chi connectivity index (χ1v) is 5.86. The second-order valence-electron chi connectivity index (χ2n) is 5.36. The summed E-state index contributed by atoms with van der Waals surface area (Å²) >= 11 is 5.89. The van der Waals surface area contributed by atoms with Crippen LogP contribution in [0.4, 0.5) is 13.2 Å². The highest BCUT2D eigenvalue weighted by molar-refractivity contribution is 6.30. The predicted molar refractivity (Wildman–Crippen MR) is 61.4 cm³/mol. The van der Waals surface area contributed by atoms with E-state index in [1.807, 2.05) is 13.8 Å². The van der Waals surface area contributed by atoms with Crippen LogP contribution in [-0.2, 0) is 11.6 Å². The van der Waals surface area contributed by atoms with Crippen LogP contribution >= 0.6 is 11.6 Å². The monoisotopic (exact) mass is 279 g/mol. The second kappa shape index (κ2) is 3.84. The van der Waals surface area contributed by atoms with Crippen LogP contribution in [0, 0.1) is 5.41 Å². The molecule has 0 spiro atoms. The molecule has 1 aliphatic rings. The number of aromatic nitrogens is 1. The van der Waals surface area contributed by atoms with Gasteiger partial charge in [-0.15, -0.1) is 0 Å². The molecule has 1 aliphatic carbocycles. The topological polar surface area (TPSA) is 33.1 Å². The van der Waals surface area contributed by atoms with Crippen molar-refractivity contribution in [3.63, 3.8) is 0 Å². The maximum Gasteiger partial charge on any atom is 0.417 e. The van der Waals surface area contributed by atoms with Crippen molar-refractivity contribution < 1.29 is 18.3 Å². The van der Waals surface area contributed by atoms with E-state index >= 15 is 0 Å². The number of halogens is 4. The van der Waals surface area contributed by atoms with E-state index in [-0.39, 0.29) is 22.7 Å². The Labute approximate surface area is 108 Å². The number of pyridine rings is 1. The summed E-state index contributed by atoms with van der Waals surface area (Å²) in [7, 11) is 0. The fraction of sp³-hybridized carbons (Fsp3) is 0.583. The van der Waals surface area contributed by atoms with E-state index in [9.17, 15) is 18.3 Å². The van der Waals surface area contributed by atoms with Crippen molar-refractivity contribution in [1.29, 1.82) is 0 Å². The van der Waals surface area contributed by atoms with Gasteiger partial charge in [-0.2, -0.15) is 13.2 Å². The first-order valence-electron chi connectivity index (χ1n) is 5.48. The molecule has 1 aromatic rings. The van der Waals surface area contributed by atoms with Crippen molar-refractivity contribution in [2.24, 2.45) is 5.41 Å². The van der Waals surface area contributed by atoms with Gasteiger partial charge in [0.15, 0.2) is 0 Å². The van der Waals surface area contributed by atoms with E-state index in [0.29, 0.717) is 12.6 Å². The van der Waals surface area contributed by atoms with Gasteiger partial charge in [-0.05, 0) is 23.5 Å². The average Bonchev–Trinajstić information content (AvgIpc) is 2.81. The Morgan fingerprint density at radius 1 is 1.44 bits per heavy atom. The molecule has 6 heteroatoms. The Morgan fingerprint density at radius 2 is 2.00 bits per heavy atom. The molecule has 0 amide bonds. The lowest BCUT2D eigenvalue weighted by atomic mass is 9.89. The second-order valence-corrected chi connectivity index (χ2v) is 5.72. The van der Waals surface area contributed by atoms with Gasteiger partial charge >= 0.3 is 6.18 Å². The lowest BCUT2D eigenvalue weighted by molar-refractivity contribution is -0.137. The van der Waals surface area contributed by atoms with Crippen molar-refractivity contribution in [2.75, 3.05) is 6.61 Å². The minimum Gasteiger partial charge on any atom is -0.395 e. The Hall–Kier alpha value is -0.810. The highest BCUT2D eigenvalue weighted by Crippen LogP contribution is 2.65. The Bertz CT molecular complexity index is 487. The normalized spacial score (nSPS) is 26.2. The van der Waals surface area contributed by atoms with Crippen LogP contribution < -0.4 is 0 Å². The van der Waals surface area contributed by atoms with Gasteiger partial charge in [0.25, 0.3) is 0 Å². The summed E-state index contributed by atoms with van der Waals surface area (Å²) in [6.07, 6.45) is -3.15.